The lowest BCUT2D eigenvalue weighted by Crippen LogP contribution is -2.14. The van der Waals surface area contributed by atoms with E-state index < -0.39 is 0 Å². The highest BCUT2D eigenvalue weighted by molar-refractivity contribution is 6.18. The quantitative estimate of drug-likeness (QED) is 0.169. The lowest BCUT2D eigenvalue weighted by Gasteiger charge is -2.22. The molecule has 1 aliphatic carbocycles. The van der Waals surface area contributed by atoms with Gasteiger partial charge in [0.25, 0.3) is 0 Å². The summed E-state index contributed by atoms with van der Waals surface area (Å²) < 4.78 is 4.83. The van der Waals surface area contributed by atoms with E-state index in [0.717, 1.165) is 11.4 Å². The Bertz CT molecular complexity index is 3050. The van der Waals surface area contributed by atoms with Crippen LogP contribution < -0.4 is 0 Å². The van der Waals surface area contributed by atoms with Crippen molar-refractivity contribution in [2.24, 2.45) is 0 Å². The average Bonchev–Trinajstić information content (AvgIpc) is 3.90. The van der Waals surface area contributed by atoms with Crippen LogP contribution in [0.1, 0.15) is 25.0 Å². The normalized spacial score (nSPS) is 13.1. The van der Waals surface area contributed by atoms with Crippen molar-refractivity contribution in [1.29, 1.82) is 0 Å². The molecule has 0 aliphatic heterocycles. The van der Waals surface area contributed by atoms with Crippen molar-refractivity contribution in [2.45, 2.75) is 19.3 Å². The molecule has 10 aromatic rings. The second-order valence-electron chi connectivity index (χ2n) is 15.4. The fraction of sp³-hybridized carbons (Fsp3) is 0.0566. The molecule has 0 saturated heterocycles. The molecule has 1 aliphatic rings. The molecule has 0 radical (unpaired) electrons. The molecule has 0 N–H and O–H groups in total. The lowest BCUT2D eigenvalue weighted by atomic mass is 9.81. The molecule has 0 saturated carbocycles. The van der Waals surface area contributed by atoms with Crippen LogP contribution in [0.3, 0.4) is 0 Å². The minimum Gasteiger partial charge on any atom is -0.316 e. The highest BCUT2D eigenvalue weighted by Gasteiger charge is 2.35. The molecule has 2 aromatic heterocycles. The van der Waals surface area contributed by atoms with Crippen molar-refractivity contribution in [3.63, 3.8) is 0 Å². The SMILES string of the molecule is CC1(C)c2ccccc2-c2ccc(-c3cccc(-n4c5ccccc5c5ccc6c(ccn6-c6cc(-c7ccccc7)cc(-c7ccccc7)c6)c54)c3)cc21. The van der Waals surface area contributed by atoms with Crippen molar-refractivity contribution in [2.75, 3.05) is 0 Å². The summed E-state index contributed by atoms with van der Waals surface area (Å²) in [7, 11) is 0. The number of fused-ring (bicyclic) bond motifs is 8. The molecule has 260 valence electrons. The van der Waals surface area contributed by atoms with E-state index in [-0.39, 0.29) is 5.41 Å². The lowest BCUT2D eigenvalue weighted by molar-refractivity contribution is 0.660. The number of para-hydroxylation sites is 1. The first-order chi connectivity index (χ1) is 27.0. The Labute approximate surface area is 321 Å². The van der Waals surface area contributed by atoms with Crippen LogP contribution >= 0.6 is 0 Å². The van der Waals surface area contributed by atoms with Crippen LogP contribution in [0.5, 0.6) is 0 Å². The standard InChI is InChI=1S/C53H38N2/c1-53(2)48-22-11-9-20-43(48)44-25-24-38(34-49(44)53)37-18-13-19-41(31-37)55-51-23-12-10-21-45(51)46-26-27-50-47(52(46)55)28-29-54(50)42-32-39(35-14-5-3-6-15-35)30-40(33-42)36-16-7-4-8-17-36/h3-34H,1-2H3. The summed E-state index contributed by atoms with van der Waals surface area (Å²) in [5.41, 5.74) is 18.6. The van der Waals surface area contributed by atoms with Crippen molar-refractivity contribution >= 4 is 32.7 Å². The van der Waals surface area contributed by atoms with Crippen LogP contribution in [-0.2, 0) is 5.41 Å². The zero-order valence-electron chi connectivity index (χ0n) is 30.9. The first-order valence-corrected chi connectivity index (χ1v) is 19.2. The van der Waals surface area contributed by atoms with Crippen LogP contribution in [0.15, 0.2) is 194 Å². The first kappa shape index (κ1) is 31.6. The van der Waals surface area contributed by atoms with E-state index in [1.807, 2.05) is 0 Å². The topological polar surface area (TPSA) is 9.86 Å². The Hall–Kier alpha value is -6.90. The van der Waals surface area contributed by atoms with E-state index in [4.69, 9.17) is 0 Å². The van der Waals surface area contributed by atoms with Gasteiger partial charge in [-0.1, -0.05) is 147 Å². The fourth-order valence-corrected chi connectivity index (χ4v) is 9.22. The van der Waals surface area contributed by atoms with Gasteiger partial charge in [-0.2, -0.15) is 0 Å². The van der Waals surface area contributed by atoms with Crippen molar-refractivity contribution in [3.8, 4) is 55.9 Å². The molecule has 0 spiro atoms. The van der Waals surface area contributed by atoms with Crippen LogP contribution in [0.25, 0.3) is 88.6 Å². The second kappa shape index (κ2) is 12.1. The summed E-state index contributed by atoms with van der Waals surface area (Å²) in [6.07, 6.45) is 2.24. The van der Waals surface area contributed by atoms with E-state index >= 15 is 0 Å². The molecule has 0 unspecified atom stereocenters. The Morgan fingerprint density at radius 2 is 1.00 bits per heavy atom. The summed E-state index contributed by atoms with van der Waals surface area (Å²) in [6.45, 7) is 4.71. The Balaban J connectivity index is 1.09. The van der Waals surface area contributed by atoms with E-state index in [1.54, 1.807) is 0 Å². The molecule has 0 fully saturated rings. The predicted octanol–water partition coefficient (Wildman–Crippen LogP) is 14.0. The zero-order valence-corrected chi connectivity index (χ0v) is 30.9. The molecule has 11 rings (SSSR count). The van der Waals surface area contributed by atoms with Crippen molar-refractivity contribution < 1.29 is 0 Å². The van der Waals surface area contributed by atoms with Crippen LogP contribution in [0.4, 0.5) is 0 Å². The number of aromatic nitrogens is 2. The summed E-state index contributed by atoms with van der Waals surface area (Å²) in [6, 6.07) is 69.1. The Morgan fingerprint density at radius 3 is 1.78 bits per heavy atom. The number of benzene rings is 8. The summed E-state index contributed by atoms with van der Waals surface area (Å²) in [5, 5.41) is 3.74. The highest BCUT2D eigenvalue weighted by atomic mass is 15.0. The minimum absolute atomic E-state index is 0.0480. The molecule has 8 aromatic carbocycles. The average molecular weight is 703 g/mol. The largest absolute Gasteiger partial charge is 0.316 e. The summed E-state index contributed by atoms with van der Waals surface area (Å²) in [5.74, 6) is 0. The number of nitrogens with zero attached hydrogens (tertiary/aromatic N) is 2. The van der Waals surface area contributed by atoms with E-state index in [0.29, 0.717) is 0 Å². The Morgan fingerprint density at radius 1 is 0.364 bits per heavy atom. The van der Waals surface area contributed by atoms with Gasteiger partial charge in [-0.3, -0.25) is 0 Å². The van der Waals surface area contributed by atoms with E-state index in [1.165, 1.54) is 88.3 Å². The van der Waals surface area contributed by atoms with Gasteiger partial charge in [0.15, 0.2) is 0 Å². The number of rotatable bonds is 5. The molecule has 55 heavy (non-hydrogen) atoms. The summed E-state index contributed by atoms with van der Waals surface area (Å²) >= 11 is 0. The first-order valence-electron chi connectivity index (χ1n) is 19.2. The third-order valence-corrected chi connectivity index (χ3v) is 11.9. The van der Waals surface area contributed by atoms with E-state index in [2.05, 4.69) is 217 Å². The van der Waals surface area contributed by atoms with Gasteiger partial charge in [-0.05, 0) is 110 Å². The van der Waals surface area contributed by atoms with E-state index in [9.17, 15) is 0 Å². The van der Waals surface area contributed by atoms with Gasteiger partial charge >= 0.3 is 0 Å². The predicted molar refractivity (Wildman–Crippen MR) is 231 cm³/mol. The van der Waals surface area contributed by atoms with Crippen LogP contribution in [-0.4, -0.2) is 9.13 Å². The maximum atomic E-state index is 2.48. The molecule has 0 amide bonds. The molecular formula is C53H38N2. The molecule has 0 bridgehead atoms. The minimum atomic E-state index is -0.0480. The van der Waals surface area contributed by atoms with Crippen molar-refractivity contribution in [3.05, 3.63) is 205 Å². The third kappa shape index (κ3) is 4.88. The number of hydrogen-bond donors (Lipinski definition) is 0. The Kier molecular flexibility index (Phi) is 6.93. The van der Waals surface area contributed by atoms with Gasteiger partial charge in [0.2, 0.25) is 0 Å². The van der Waals surface area contributed by atoms with Gasteiger partial charge in [0.05, 0.1) is 16.6 Å². The molecule has 2 heterocycles. The molecular weight excluding hydrogens is 665 g/mol. The van der Waals surface area contributed by atoms with Gasteiger partial charge in [-0.15, -0.1) is 0 Å². The summed E-state index contributed by atoms with van der Waals surface area (Å²) in [4.78, 5) is 0. The highest BCUT2D eigenvalue weighted by Crippen LogP contribution is 2.49. The van der Waals surface area contributed by atoms with Gasteiger partial charge in [0, 0.05) is 39.1 Å². The van der Waals surface area contributed by atoms with Gasteiger partial charge in [-0.25, -0.2) is 0 Å². The van der Waals surface area contributed by atoms with Crippen LogP contribution in [0, 0.1) is 0 Å². The van der Waals surface area contributed by atoms with Crippen molar-refractivity contribution in [1.82, 2.24) is 9.13 Å². The number of hydrogen-bond acceptors (Lipinski definition) is 0. The maximum absolute atomic E-state index is 2.48. The van der Waals surface area contributed by atoms with Gasteiger partial charge < -0.3 is 9.13 Å². The molecule has 0 atom stereocenters. The fourth-order valence-electron chi connectivity index (χ4n) is 9.22. The smallest absolute Gasteiger partial charge is 0.0635 e. The molecule has 2 nitrogen and oxygen atoms in total. The third-order valence-electron chi connectivity index (χ3n) is 11.9. The van der Waals surface area contributed by atoms with Crippen LogP contribution in [0.2, 0.25) is 0 Å². The zero-order chi connectivity index (χ0) is 36.7. The maximum Gasteiger partial charge on any atom is 0.0635 e. The second-order valence-corrected chi connectivity index (χ2v) is 15.4. The monoisotopic (exact) mass is 702 g/mol. The van der Waals surface area contributed by atoms with Gasteiger partial charge in [0.1, 0.15) is 0 Å². The molecule has 2 heteroatoms.